The molecule has 1 saturated heterocycles. The second-order valence-electron chi connectivity index (χ2n) is 5.77. The summed E-state index contributed by atoms with van der Waals surface area (Å²) in [6, 6.07) is 5.44. The Hall–Kier alpha value is -1.65. The summed E-state index contributed by atoms with van der Waals surface area (Å²) in [4.78, 5) is 12.2. The molecule has 140 valence electrons. The molecule has 1 aliphatic rings. The monoisotopic (exact) mass is 390 g/mol. The number of hydrogen-bond acceptors (Lipinski definition) is 6. The van der Waals surface area contributed by atoms with Crippen LogP contribution in [0.2, 0.25) is 0 Å². The number of carbonyl (C=O) groups excluding carboxylic acids is 1. The van der Waals surface area contributed by atoms with Crippen molar-refractivity contribution in [1.29, 1.82) is 0 Å². The van der Waals surface area contributed by atoms with Crippen molar-refractivity contribution in [2.75, 3.05) is 31.7 Å². The first-order chi connectivity index (χ1) is 11.7. The van der Waals surface area contributed by atoms with Crippen molar-refractivity contribution < 1.29 is 26.4 Å². The van der Waals surface area contributed by atoms with E-state index in [-0.39, 0.29) is 29.5 Å². The summed E-state index contributed by atoms with van der Waals surface area (Å²) in [5.74, 6) is -0.0430. The number of benzene rings is 1. The Morgan fingerprint density at radius 3 is 2.44 bits per heavy atom. The van der Waals surface area contributed by atoms with Gasteiger partial charge in [-0.05, 0) is 30.7 Å². The van der Waals surface area contributed by atoms with Gasteiger partial charge in [-0.3, -0.25) is 4.79 Å². The molecule has 1 atom stereocenters. The highest BCUT2D eigenvalue weighted by Gasteiger charge is 2.31. The average Bonchev–Trinajstić information content (AvgIpc) is 2.91. The minimum absolute atomic E-state index is 0.0413. The standard InChI is InChI=1S/C15H22N2O6S2/c1-3-17(10-15(18)16-12-8-9-24(19,20)11-12)25(21,22)14-6-4-13(23-2)5-7-14/h4-7,12H,3,8-11H2,1-2H3,(H,16,18)/t12-/m1/s1. The molecule has 1 aromatic rings. The highest BCUT2D eigenvalue weighted by atomic mass is 32.2. The Morgan fingerprint density at radius 2 is 1.96 bits per heavy atom. The molecule has 0 spiro atoms. The molecular formula is C15H22N2O6S2. The molecule has 0 unspecified atom stereocenters. The lowest BCUT2D eigenvalue weighted by Crippen LogP contribution is -2.44. The highest BCUT2D eigenvalue weighted by molar-refractivity contribution is 7.91. The van der Waals surface area contributed by atoms with Crippen LogP contribution in [0.4, 0.5) is 0 Å². The van der Waals surface area contributed by atoms with Crippen LogP contribution in [0.1, 0.15) is 13.3 Å². The first-order valence-corrected chi connectivity index (χ1v) is 11.1. The fraction of sp³-hybridized carbons (Fsp3) is 0.533. The fourth-order valence-corrected chi connectivity index (χ4v) is 5.68. The lowest BCUT2D eigenvalue weighted by atomic mass is 10.2. The quantitative estimate of drug-likeness (QED) is 0.702. The SMILES string of the molecule is CCN(CC(=O)N[C@@H]1CCS(=O)(=O)C1)S(=O)(=O)c1ccc(OC)cc1. The van der Waals surface area contributed by atoms with Crippen LogP contribution >= 0.6 is 0 Å². The van der Waals surface area contributed by atoms with E-state index in [0.29, 0.717) is 12.2 Å². The van der Waals surface area contributed by atoms with Gasteiger partial charge in [0.05, 0.1) is 30.1 Å². The van der Waals surface area contributed by atoms with Gasteiger partial charge in [0, 0.05) is 12.6 Å². The van der Waals surface area contributed by atoms with E-state index in [0.717, 1.165) is 4.31 Å². The van der Waals surface area contributed by atoms with Gasteiger partial charge in [0.15, 0.2) is 9.84 Å². The van der Waals surface area contributed by atoms with E-state index in [1.54, 1.807) is 6.92 Å². The van der Waals surface area contributed by atoms with Gasteiger partial charge in [0.2, 0.25) is 15.9 Å². The summed E-state index contributed by atoms with van der Waals surface area (Å²) >= 11 is 0. The van der Waals surface area contributed by atoms with Gasteiger partial charge in [0.25, 0.3) is 0 Å². The molecule has 8 nitrogen and oxygen atoms in total. The zero-order valence-electron chi connectivity index (χ0n) is 14.1. The van der Waals surface area contributed by atoms with Crippen LogP contribution in [0.5, 0.6) is 5.75 Å². The number of hydrogen-bond donors (Lipinski definition) is 1. The predicted molar refractivity (Wildman–Crippen MR) is 92.6 cm³/mol. The number of sulfone groups is 1. The van der Waals surface area contributed by atoms with Crippen molar-refractivity contribution >= 4 is 25.8 Å². The third-order valence-corrected chi connectivity index (χ3v) is 7.67. The Bertz CT molecular complexity index is 818. The zero-order chi connectivity index (χ0) is 18.7. The van der Waals surface area contributed by atoms with Crippen molar-refractivity contribution in [2.45, 2.75) is 24.3 Å². The normalized spacial score (nSPS) is 19.7. The van der Waals surface area contributed by atoms with Crippen LogP contribution in [0, 0.1) is 0 Å². The van der Waals surface area contributed by atoms with Gasteiger partial charge in [-0.1, -0.05) is 6.92 Å². The first-order valence-electron chi connectivity index (χ1n) is 7.82. The largest absolute Gasteiger partial charge is 0.497 e. The Kier molecular flexibility index (Phi) is 6.07. The number of nitrogens with zero attached hydrogens (tertiary/aromatic N) is 1. The van der Waals surface area contributed by atoms with Crippen LogP contribution in [0.15, 0.2) is 29.2 Å². The van der Waals surface area contributed by atoms with Crippen LogP contribution in [0.3, 0.4) is 0 Å². The summed E-state index contributed by atoms with van der Waals surface area (Å²) in [6.07, 6.45) is 0.353. The molecule has 1 amide bonds. The number of carbonyl (C=O) groups is 1. The van der Waals surface area contributed by atoms with Gasteiger partial charge < -0.3 is 10.1 Å². The van der Waals surface area contributed by atoms with Crippen molar-refractivity contribution in [3.8, 4) is 5.75 Å². The van der Waals surface area contributed by atoms with Crippen molar-refractivity contribution in [2.24, 2.45) is 0 Å². The zero-order valence-corrected chi connectivity index (χ0v) is 15.8. The van der Waals surface area contributed by atoms with E-state index in [1.807, 2.05) is 0 Å². The number of likely N-dealkylation sites (N-methyl/N-ethyl adjacent to an activating group) is 1. The summed E-state index contributed by atoms with van der Waals surface area (Å²) in [5.41, 5.74) is 0. The lowest BCUT2D eigenvalue weighted by molar-refractivity contribution is -0.121. The number of sulfonamides is 1. The lowest BCUT2D eigenvalue weighted by Gasteiger charge is -2.21. The molecular weight excluding hydrogens is 368 g/mol. The topological polar surface area (TPSA) is 110 Å². The Morgan fingerprint density at radius 1 is 1.32 bits per heavy atom. The van der Waals surface area contributed by atoms with Crippen LogP contribution < -0.4 is 10.1 Å². The van der Waals surface area contributed by atoms with E-state index < -0.39 is 31.8 Å². The van der Waals surface area contributed by atoms with Crippen LogP contribution in [0.25, 0.3) is 0 Å². The second-order valence-corrected chi connectivity index (χ2v) is 9.94. The van der Waals surface area contributed by atoms with E-state index in [9.17, 15) is 21.6 Å². The second kappa shape index (κ2) is 7.71. The molecule has 1 aliphatic heterocycles. The molecule has 1 aromatic carbocycles. The third-order valence-electron chi connectivity index (χ3n) is 3.97. The minimum Gasteiger partial charge on any atom is -0.497 e. The molecule has 0 saturated carbocycles. The van der Waals surface area contributed by atoms with E-state index >= 15 is 0 Å². The van der Waals surface area contributed by atoms with Gasteiger partial charge >= 0.3 is 0 Å². The fourth-order valence-electron chi connectivity index (χ4n) is 2.61. The first kappa shape index (κ1) is 19.7. The molecule has 1 fully saturated rings. The maximum atomic E-state index is 12.6. The number of nitrogens with one attached hydrogen (secondary N) is 1. The maximum absolute atomic E-state index is 12.6. The van der Waals surface area contributed by atoms with Crippen molar-refractivity contribution in [3.63, 3.8) is 0 Å². The van der Waals surface area contributed by atoms with Crippen molar-refractivity contribution in [1.82, 2.24) is 9.62 Å². The van der Waals surface area contributed by atoms with Gasteiger partial charge in [-0.2, -0.15) is 4.31 Å². The molecule has 0 radical (unpaired) electrons. The highest BCUT2D eigenvalue weighted by Crippen LogP contribution is 2.19. The minimum atomic E-state index is -3.83. The summed E-state index contributed by atoms with van der Waals surface area (Å²) < 4.78 is 54.2. The molecule has 10 heteroatoms. The average molecular weight is 390 g/mol. The van der Waals surface area contributed by atoms with Gasteiger partial charge in [-0.25, -0.2) is 16.8 Å². The van der Waals surface area contributed by atoms with E-state index in [2.05, 4.69) is 5.32 Å². The molecule has 25 heavy (non-hydrogen) atoms. The Labute approximate surface area is 148 Å². The number of amides is 1. The van der Waals surface area contributed by atoms with Crippen molar-refractivity contribution in [3.05, 3.63) is 24.3 Å². The molecule has 0 bridgehead atoms. The predicted octanol–water partition coefficient (Wildman–Crippen LogP) is 0.00910. The number of methoxy groups -OCH3 is 1. The number of rotatable bonds is 7. The summed E-state index contributed by atoms with van der Waals surface area (Å²) in [5, 5.41) is 2.60. The molecule has 0 aliphatic carbocycles. The van der Waals surface area contributed by atoms with Gasteiger partial charge in [-0.15, -0.1) is 0 Å². The molecule has 1 heterocycles. The molecule has 1 N–H and O–H groups in total. The van der Waals surface area contributed by atoms with E-state index in [1.165, 1.54) is 31.4 Å². The smallest absolute Gasteiger partial charge is 0.243 e. The Balaban J connectivity index is 2.06. The van der Waals surface area contributed by atoms with Crippen LogP contribution in [-0.2, 0) is 24.7 Å². The third kappa shape index (κ3) is 4.93. The van der Waals surface area contributed by atoms with Gasteiger partial charge in [0.1, 0.15) is 5.75 Å². The number of ether oxygens (including phenoxy) is 1. The van der Waals surface area contributed by atoms with Crippen LogP contribution in [-0.4, -0.2) is 64.8 Å². The summed E-state index contributed by atoms with van der Waals surface area (Å²) in [7, 11) is -5.46. The van der Waals surface area contributed by atoms with E-state index in [4.69, 9.17) is 4.74 Å². The molecule has 0 aromatic heterocycles. The maximum Gasteiger partial charge on any atom is 0.243 e. The summed E-state index contributed by atoms with van der Waals surface area (Å²) in [6.45, 7) is 1.39. The molecule has 2 rings (SSSR count).